The van der Waals surface area contributed by atoms with Gasteiger partial charge in [0.05, 0.1) is 0 Å². The Morgan fingerprint density at radius 2 is 0.691 bits per heavy atom. The van der Waals surface area contributed by atoms with Crippen LogP contribution in [-0.2, 0) is 0 Å². The molecular formula is C54H36S. The highest BCUT2D eigenvalue weighted by Gasteiger charge is 2.23. The van der Waals surface area contributed by atoms with Gasteiger partial charge in [0, 0.05) is 25.7 Å². The minimum atomic E-state index is 1.24. The Kier molecular flexibility index (Phi) is 7.27. The molecule has 0 aliphatic rings. The van der Waals surface area contributed by atoms with E-state index in [0.29, 0.717) is 0 Å². The third-order valence-electron chi connectivity index (χ3n) is 11.7. The Morgan fingerprint density at radius 1 is 0.291 bits per heavy atom. The van der Waals surface area contributed by atoms with Crippen molar-refractivity contribution in [1.82, 2.24) is 0 Å². The van der Waals surface area contributed by atoms with Crippen molar-refractivity contribution < 1.29 is 0 Å². The van der Waals surface area contributed by atoms with Crippen molar-refractivity contribution in [1.29, 1.82) is 0 Å². The number of fused-ring (bicyclic) bond motifs is 7. The Morgan fingerprint density at radius 3 is 1.24 bits per heavy atom. The Labute approximate surface area is 324 Å². The van der Waals surface area contributed by atoms with E-state index in [9.17, 15) is 0 Å². The van der Waals surface area contributed by atoms with Crippen LogP contribution in [0.1, 0.15) is 11.1 Å². The molecule has 1 heterocycles. The summed E-state index contributed by atoms with van der Waals surface area (Å²) in [6.07, 6.45) is 0. The first-order valence-corrected chi connectivity index (χ1v) is 19.9. The first kappa shape index (κ1) is 31.9. The second kappa shape index (κ2) is 12.5. The molecule has 0 N–H and O–H groups in total. The average Bonchev–Trinajstić information content (AvgIpc) is 3.62. The number of benzene rings is 10. The van der Waals surface area contributed by atoms with Gasteiger partial charge in [0.2, 0.25) is 0 Å². The SMILES string of the molecule is Cc1cccc(C)c1-c1c2ccccc2c(-c2cccc3c2sc2cccc(-c4c5ccccc5c(-c5ccccc5)c5ccccc45)c23)c2ccccc12. The van der Waals surface area contributed by atoms with E-state index in [4.69, 9.17) is 0 Å². The van der Waals surface area contributed by atoms with E-state index in [1.54, 1.807) is 0 Å². The van der Waals surface area contributed by atoms with Crippen molar-refractivity contribution in [3.63, 3.8) is 0 Å². The van der Waals surface area contributed by atoms with Gasteiger partial charge in [-0.3, -0.25) is 0 Å². The number of rotatable bonds is 4. The van der Waals surface area contributed by atoms with Crippen molar-refractivity contribution in [3.8, 4) is 44.5 Å². The lowest BCUT2D eigenvalue weighted by Gasteiger charge is -2.20. The highest BCUT2D eigenvalue weighted by molar-refractivity contribution is 7.26. The van der Waals surface area contributed by atoms with Crippen LogP contribution < -0.4 is 0 Å². The van der Waals surface area contributed by atoms with Gasteiger partial charge < -0.3 is 0 Å². The van der Waals surface area contributed by atoms with E-state index in [2.05, 4.69) is 196 Å². The van der Waals surface area contributed by atoms with E-state index < -0.39 is 0 Å². The minimum Gasteiger partial charge on any atom is -0.135 e. The third-order valence-corrected chi connectivity index (χ3v) is 12.9. The van der Waals surface area contributed by atoms with Gasteiger partial charge in [-0.15, -0.1) is 11.3 Å². The summed E-state index contributed by atoms with van der Waals surface area (Å²) in [6.45, 7) is 4.49. The van der Waals surface area contributed by atoms with E-state index >= 15 is 0 Å². The van der Waals surface area contributed by atoms with Crippen molar-refractivity contribution in [3.05, 3.63) is 193 Å². The molecule has 258 valence electrons. The lowest BCUT2D eigenvalue weighted by atomic mass is 9.83. The fraction of sp³-hybridized carbons (Fsp3) is 0.0370. The van der Waals surface area contributed by atoms with Crippen molar-refractivity contribution in [2.24, 2.45) is 0 Å². The zero-order valence-electron chi connectivity index (χ0n) is 30.7. The molecular weight excluding hydrogens is 681 g/mol. The van der Waals surface area contributed by atoms with Gasteiger partial charge >= 0.3 is 0 Å². The second-order valence-corrected chi connectivity index (χ2v) is 15.8. The second-order valence-electron chi connectivity index (χ2n) is 14.8. The van der Waals surface area contributed by atoms with Gasteiger partial charge in [-0.05, 0) is 113 Å². The van der Waals surface area contributed by atoms with Crippen LogP contribution in [0.3, 0.4) is 0 Å². The highest BCUT2D eigenvalue weighted by Crippen LogP contribution is 2.51. The summed E-state index contributed by atoms with van der Waals surface area (Å²) in [5.41, 5.74) is 13.0. The molecule has 0 atom stereocenters. The molecule has 0 saturated heterocycles. The van der Waals surface area contributed by atoms with Crippen LogP contribution in [0.2, 0.25) is 0 Å². The molecule has 1 aromatic heterocycles. The quantitative estimate of drug-likeness (QED) is 0.159. The van der Waals surface area contributed by atoms with Crippen LogP contribution in [0.15, 0.2) is 182 Å². The molecule has 0 radical (unpaired) electrons. The molecule has 0 fully saturated rings. The molecule has 0 unspecified atom stereocenters. The van der Waals surface area contributed by atoms with Crippen molar-refractivity contribution in [2.45, 2.75) is 13.8 Å². The number of aryl methyl sites for hydroxylation is 2. The van der Waals surface area contributed by atoms with E-state index in [-0.39, 0.29) is 0 Å². The summed E-state index contributed by atoms with van der Waals surface area (Å²) >= 11 is 1.93. The lowest BCUT2D eigenvalue weighted by molar-refractivity contribution is 1.39. The number of thiophene rings is 1. The van der Waals surface area contributed by atoms with Gasteiger partial charge in [0.1, 0.15) is 0 Å². The van der Waals surface area contributed by atoms with Gasteiger partial charge in [-0.25, -0.2) is 0 Å². The molecule has 0 amide bonds. The van der Waals surface area contributed by atoms with Gasteiger partial charge in [0.25, 0.3) is 0 Å². The summed E-state index contributed by atoms with van der Waals surface area (Å²) in [7, 11) is 0. The monoisotopic (exact) mass is 716 g/mol. The first-order valence-electron chi connectivity index (χ1n) is 19.1. The molecule has 0 aliphatic carbocycles. The fourth-order valence-electron chi connectivity index (χ4n) is 9.48. The molecule has 0 aliphatic heterocycles. The van der Waals surface area contributed by atoms with Crippen LogP contribution in [0.5, 0.6) is 0 Å². The maximum absolute atomic E-state index is 2.35. The highest BCUT2D eigenvalue weighted by atomic mass is 32.1. The van der Waals surface area contributed by atoms with Crippen molar-refractivity contribution >= 4 is 74.6 Å². The van der Waals surface area contributed by atoms with Gasteiger partial charge in [0.15, 0.2) is 0 Å². The van der Waals surface area contributed by atoms with Gasteiger partial charge in [-0.1, -0.05) is 176 Å². The molecule has 11 aromatic rings. The fourth-order valence-corrected chi connectivity index (χ4v) is 10.7. The summed E-state index contributed by atoms with van der Waals surface area (Å²) in [5.74, 6) is 0. The topological polar surface area (TPSA) is 0 Å². The van der Waals surface area contributed by atoms with Crippen LogP contribution in [0, 0.1) is 13.8 Å². The summed E-state index contributed by atoms with van der Waals surface area (Å²) < 4.78 is 2.63. The summed E-state index contributed by atoms with van der Waals surface area (Å²) in [4.78, 5) is 0. The zero-order valence-corrected chi connectivity index (χ0v) is 31.5. The molecule has 11 rings (SSSR count). The Hall–Kier alpha value is -6.54. The van der Waals surface area contributed by atoms with E-state index in [1.165, 1.54) is 119 Å². The maximum Gasteiger partial charge on any atom is 0.0434 e. The van der Waals surface area contributed by atoms with E-state index in [0.717, 1.165) is 0 Å². The van der Waals surface area contributed by atoms with E-state index in [1.807, 2.05) is 11.3 Å². The van der Waals surface area contributed by atoms with Crippen molar-refractivity contribution in [2.75, 3.05) is 0 Å². The first-order chi connectivity index (χ1) is 27.2. The van der Waals surface area contributed by atoms with Crippen LogP contribution in [-0.4, -0.2) is 0 Å². The molecule has 10 aromatic carbocycles. The van der Waals surface area contributed by atoms with Crippen LogP contribution in [0.25, 0.3) is 108 Å². The summed E-state index contributed by atoms with van der Waals surface area (Å²) in [6, 6.07) is 67.5. The molecule has 0 spiro atoms. The van der Waals surface area contributed by atoms with Crippen LogP contribution >= 0.6 is 11.3 Å². The predicted molar refractivity (Wildman–Crippen MR) is 241 cm³/mol. The lowest BCUT2D eigenvalue weighted by Crippen LogP contribution is -1.94. The minimum absolute atomic E-state index is 1.24. The predicted octanol–water partition coefficient (Wildman–Crippen LogP) is 16.0. The maximum atomic E-state index is 2.35. The molecule has 0 nitrogen and oxygen atoms in total. The molecule has 0 saturated carbocycles. The molecule has 0 bridgehead atoms. The standard InChI is InChI=1S/C54H36S/c1-33-17-14-18-34(2)48(33)53-42-27-12-10-25-40(42)51(41-26-11-13-28-43(41)53)45-30-15-31-46-52-44(29-16-32-47(52)55-54(45)46)50-38-23-8-6-21-36(38)49(35-19-4-3-5-20-35)37-22-7-9-24-39(37)50/h3-32H,1-2H3. The Bertz CT molecular complexity index is 3190. The average molecular weight is 717 g/mol. The third kappa shape index (κ3) is 4.77. The normalized spacial score (nSPS) is 11.8. The zero-order chi connectivity index (χ0) is 36.6. The largest absolute Gasteiger partial charge is 0.135 e. The smallest absolute Gasteiger partial charge is 0.0434 e. The van der Waals surface area contributed by atoms with Crippen LogP contribution in [0.4, 0.5) is 0 Å². The molecule has 1 heteroatoms. The number of hydrogen-bond donors (Lipinski definition) is 0. The number of hydrogen-bond acceptors (Lipinski definition) is 1. The summed E-state index contributed by atoms with van der Waals surface area (Å²) in [5, 5.41) is 12.9. The molecule has 55 heavy (non-hydrogen) atoms. The van der Waals surface area contributed by atoms with Gasteiger partial charge in [-0.2, -0.15) is 0 Å². The Balaban J connectivity index is 1.24.